The van der Waals surface area contributed by atoms with Crippen molar-refractivity contribution in [2.45, 2.75) is 6.36 Å². The molecule has 0 atom stereocenters. The van der Waals surface area contributed by atoms with Crippen molar-refractivity contribution in [2.24, 2.45) is 0 Å². The zero-order valence-corrected chi connectivity index (χ0v) is 8.45. The lowest BCUT2D eigenvalue weighted by Crippen LogP contribution is -2.17. The van der Waals surface area contributed by atoms with Crippen molar-refractivity contribution in [1.82, 2.24) is 4.98 Å². The first-order valence-electron chi connectivity index (χ1n) is 4.56. The van der Waals surface area contributed by atoms with Crippen LogP contribution >= 0.6 is 0 Å². The van der Waals surface area contributed by atoms with Crippen LogP contribution in [0.3, 0.4) is 0 Å². The van der Waals surface area contributed by atoms with Crippen LogP contribution in [0.5, 0.6) is 5.75 Å². The molecule has 1 heterocycles. The van der Waals surface area contributed by atoms with E-state index < -0.39 is 6.36 Å². The Morgan fingerprint density at radius 3 is 2.53 bits per heavy atom. The predicted octanol–water partition coefficient (Wildman–Crippen LogP) is 2.30. The maximum Gasteiger partial charge on any atom is 0.573 e. The molecule has 0 unspecified atom stereocenters. The number of fused-ring (bicyclic) bond motifs is 1. The minimum atomic E-state index is -4.74. The van der Waals surface area contributed by atoms with Crippen molar-refractivity contribution in [3.63, 3.8) is 0 Å². The fraction of sp³-hybridized carbons (Fsp3) is 0.100. The summed E-state index contributed by atoms with van der Waals surface area (Å²) in [5.74, 6) is -0.357. The molecule has 0 saturated heterocycles. The third-order valence-corrected chi connectivity index (χ3v) is 2.15. The summed E-state index contributed by atoms with van der Waals surface area (Å²) in [6.45, 7) is 0. The summed E-state index contributed by atoms with van der Waals surface area (Å²) < 4.78 is 39.9. The van der Waals surface area contributed by atoms with Crippen LogP contribution in [-0.2, 0) is 0 Å². The Kier molecular flexibility index (Phi) is 2.45. The van der Waals surface area contributed by atoms with Gasteiger partial charge in [0.15, 0.2) is 0 Å². The Hall–Kier alpha value is -2.18. The highest BCUT2D eigenvalue weighted by molar-refractivity contribution is 5.96. The van der Waals surface area contributed by atoms with Crippen molar-refractivity contribution in [2.75, 3.05) is 11.5 Å². The van der Waals surface area contributed by atoms with Crippen molar-refractivity contribution in [3.05, 3.63) is 24.4 Å². The summed E-state index contributed by atoms with van der Waals surface area (Å²) in [6, 6.07) is 3.70. The molecule has 0 radical (unpaired) electrons. The first kappa shape index (κ1) is 11.3. The molecule has 0 aliphatic rings. The molecule has 90 valence electrons. The Labute approximate surface area is 94.0 Å². The monoisotopic (exact) mass is 243 g/mol. The van der Waals surface area contributed by atoms with E-state index in [-0.39, 0.29) is 17.1 Å². The van der Waals surface area contributed by atoms with E-state index in [4.69, 9.17) is 11.5 Å². The van der Waals surface area contributed by atoms with E-state index in [1.54, 1.807) is 0 Å². The number of anilines is 2. The average Bonchev–Trinajstić information content (AvgIpc) is 2.22. The van der Waals surface area contributed by atoms with E-state index in [1.165, 1.54) is 18.3 Å². The van der Waals surface area contributed by atoms with E-state index >= 15 is 0 Å². The van der Waals surface area contributed by atoms with Gasteiger partial charge in [0.25, 0.3) is 0 Å². The summed E-state index contributed by atoms with van der Waals surface area (Å²) >= 11 is 0. The van der Waals surface area contributed by atoms with E-state index in [2.05, 4.69) is 9.72 Å². The highest BCUT2D eigenvalue weighted by Crippen LogP contribution is 2.30. The standard InChI is InChI=1S/C10H8F3N3O/c11-10(12,13)17-5-1-2-8-6(3-5)9(15)7(14)4-16-8/h1-4H,14H2,(H2,15,16). The first-order valence-corrected chi connectivity index (χ1v) is 4.56. The Balaban J connectivity index is 2.53. The molecule has 0 bridgehead atoms. The van der Waals surface area contributed by atoms with Gasteiger partial charge in [0.05, 0.1) is 23.1 Å². The van der Waals surface area contributed by atoms with E-state index in [1.807, 2.05) is 0 Å². The number of hydrogen-bond acceptors (Lipinski definition) is 4. The predicted molar refractivity (Wildman–Crippen MR) is 57.3 cm³/mol. The number of benzene rings is 1. The van der Waals surface area contributed by atoms with Gasteiger partial charge >= 0.3 is 6.36 Å². The first-order chi connectivity index (χ1) is 7.87. The minimum absolute atomic E-state index is 0.183. The van der Waals surface area contributed by atoms with Crippen LogP contribution in [-0.4, -0.2) is 11.3 Å². The highest BCUT2D eigenvalue weighted by atomic mass is 19.4. The lowest BCUT2D eigenvalue weighted by Gasteiger charge is -2.10. The van der Waals surface area contributed by atoms with Gasteiger partial charge in [0, 0.05) is 5.39 Å². The van der Waals surface area contributed by atoms with Crippen molar-refractivity contribution >= 4 is 22.3 Å². The van der Waals surface area contributed by atoms with E-state index in [9.17, 15) is 13.2 Å². The molecule has 0 amide bonds. The van der Waals surface area contributed by atoms with Crippen LogP contribution < -0.4 is 16.2 Å². The summed E-state index contributed by atoms with van der Waals surface area (Å²) in [7, 11) is 0. The van der Waals surface area contributed by atoms with Crippen molar-refractivity contribution < 1.29 is 17.9 Å². The number of halogens is 3. The van der Waals surface area contributed by atoms with Crippen LogP contribution in [0, 0.1) is 0 Å². The second-order valence-corrected chi connectivity index (χ2v) is 3.35. The number of aromatic nitrogens is 1. The summed E-state index contributed by atoms with van der Waals surface area (Å²) in [4.78, 5) is 3.94. The second-order valence-electron chi connectivity index (χ2n) is 3.35. The van der Waals surface area contributed by atoms with Crippen molar-refractivity contribution in [3.8, 4) is 5.75 Å². The molecule has 0 spiro atoms. The van der Waals surface area contributed by atoms with Gasteiger partial charge in [-0.25, -0.2) is 0 Å². The number of rotatable bonds is 1. The molecule has 7 heteroatoms. The topological polar surface area (TPSA) is 74.2 Å². The maximum absolute atomic E-state index is 12.0. The third-order valence-electron chi connectivity index (χ3n) is 2.15. The van der Waals surface area contributed by atoms with Crippen molar-refractivity contribution in [1.29, 1.82) is 0 Å². The molecule has 0 aliphatic carbocycles. The lowest BCUT2D eigenvalue weighted by molar-refractivity contribution is -0.274. The fourth-order valence-electron chi connectivity index (χ4n) is 1.40. The van der Waals surface area contributed by atoms with Gasteiger partial charge in [-0.3, -0.25) is 4.98 Å². The van der Waals surface area contributed by atoms with Crippen LogP contribution in [0.15, 0.2) is 24.4 Å². The smallest absolute Gasteiger partial charge is 0.406 e. The van der Waals surface area contributed by atoms with Gasteiger partial charge in [0.2, 0.25) is 0 Å². The molecule has 4 N–H and O–H groups in total. The zero-order valence-electron chi connectivity index (χ0n) is 8.45. The molecule has 2 aromatic rings. The molecule has 0 saturated carbocycles. The summed E-state index contributed by atoms with van der Waals surface area (Å²) in [5, 5.41) is 0.326. The molecular formula is C10H8F3N3O. The van der Waals surface area contributed by atoms with Crippen LogP contribution in [0.1, 0.15) is 0 Å². The highest BCUT2D eigenvalue weighted by Gasteiger charge is 2.31. The van der Waals surface area contributed by atoms with Crippen LogP contribution in [0.25, 0.3) is 10.9 Å². The lowest BCUT2D eigenvalue weighted by atomic mass is 10.1. The van der Waals surface area contributed by atoms with Crippen LogP contribution in [0.4, 0.5) is 24.5 Å². The largest absolute Gasteiger partial charge is 0.573 e. The number of nitrogens with zero attached hydrogens (tertiary/aromatic N) is 1. The van der Waals surface area contributed by atoms with E-state index in [0.29, 0.717) is 10.9 Å². The Bertz CT molecular complexity index is 568. The second kappa shape index (κ2) is 3.69. The average molecular weight is 243 g/mol. The third kappa shape index (κ3) is 2.32. The number of pyridine rings is 1. The number of ether oxygens (including phenoxy) is 1. The number of nitrogens with two attached hydrogens (primary N) is 2. The summed E-state index contributed by atoms with van der Waals surface area (Å²) in [6.07, 6.45) is -3.39. The molecular weight excluding hydrogens is 235 g/mol. The quantitative estimate of drug-likeness (QED) is 0.805. The van der Waals surface area contributed by atoms with Gasteiger partial charge in [-0.2, -0.15) is 0 Å². The molecule has 2 rings (SSSR count). The normalized spacial score (nSPS) is 11.7. The van der Waals surface area contributed by atoms with Gasteiger partial charge < -0.3 is 16.2 Å². The number of hydrogen-bond donors (Lipinski definition) is 2. The fourth-order valence-corrected chi connectivity index (χ4v) is 1.40. The molecule has 0 fully saturated rings. The van der Waals surface area contributed by atoms with Gasteiger partial charge in [-0.15, -0.1) is 13.2 Å². The Morgan fingerprint density at radius 1 is 1.18 bits per heavy atom. The van der Waals surface area contributed by atoms with Gasteiger partial charge in [0.1, 0.15) is 5.75 Å². The molecule has 1 aromatic carbocycles. The van der Waals surface area contributed by atoms with Gasteiger partial charge in [-0.1, -0.05) is 0 Å². The number of nitrogen functional groups attached to an aromatic ring is 2. The number of alkyl halides is 3. The van der Waals surface area contributed by atoms with E-state index in [0.717, 1.165) is 6.07 Å². The van der Waals surface area contributed by atoms with Gasteiger partial charge in [-0.05, 0) is 18.2 Å². The Morgan fingerprint density at radius 2 is 1.88 bits per heavy atom. The summed E-state index contributed by atoms with van der Waals surface area (Å²) in [5.41, 5.74) is 12.0. The zero-order chi connectivity index (χ0) is 12.6. The van der Waals surface area contributed by atoms with Crippen LogP contribution in [0.2, 0.25) is 0 Å². The SMILES string of the molecule is Nc1cnc2ccc(OC(F)(F)F)cc2c1N. The molecule has 1 aromatic heterocycles. The molecule has 4 nitrogen and oxygen atoms in total. The molecule has 0 aliphatic heterocycles. The minimum Gasteiger partial charge on any atom is -0.406 e. The maximum atomic E-state index is 12.0. The molecule has 17 heavy (non-hydrogen) atoms.